The fourth-order valence-electron chi connectivity index (χ4n) is 2.92. The highest BCUT2D eigenvalue weighted by molar-refractivity contribution is 8.00. The summed E-state index contributed by atoms with van der Waals surface area (Å²) in [6.07, 6.45) is 0.755. The van der Waals surface area contributed by atoms with Crippen molar-refractivity contribution in [2.24, 2.45) is 0 Å². The van der Waals surface area contributed by atoms with E-state index >= 15 is 0 Å². The molecule has 136 valence electrons. The van der Waals surface area contributed by atoms with Crippen molar-refractivity contribution >= 4 is 29.3 Å². The highest BCUT2D eigenvalue weighted by Gasteiger charge is 2.30. The van der Waals surface area contributed by atoms with E-state index in [0.29, 0.717) is 0 Å². The number of para-hydroxylation sites is 1. The fraction of sp³-hybridized carbons (Fsp3) is 0.263. The van der Waals surface area contributed by atoms with E-state index in [1.165, 1.54) is 0 Å². The summed E-state index contributed by atoms with van der Waals surface area (Å²) in [5.41, 5.74) is 1.91. The first-order valence-corrected chi connectivity index (χ1v) is 9.07. The van der Waals surface area contributed by atoms with Crippen LogP contribution in [0.2, 0.25) is 0 Å². The van der Waals surface area contributed by atoms with Gasteiger partial charge in [-0.05, 0) is 43.2 Å². The van der Waals surface area contributed by atoms with Gasteiger partial charge in [-0.15, -0.1) is 11.8 Å². The summed E-state index contributed by atoms with van der Waals surface area (Å²) in [6, 6.07) is 10.6. The van der Waals surface area contributed by atoms with E-state index in [2.05, 4.69) is 0 Å². The zero-order chi connectivity index (χ0) is 18.7. The number of benzene rings is 2. The average molecular weight is 377 g/mol. The van der Waals surface area contributed by atoms with Crippen LogP contribution in [0.5, 0.6) is 0 Å². The maximum absolute atomic E-state index is 13.5. The second kappa shape index (κ2) is 7.86. The third-order valence-electron chi connectivity index (χ3n) is 4.07. The van der Waals surface area contributed by atoms with Crippen molar-refractivity contribution in [1.29, 1.82) is 0 Å². The molecule has 0 aromatic heterocycles. The molecule has 0 unspecified atom stereocenters. The van der Waals surface area contributed by atoms with Crippen LogP contribution < -0.4 is 4.90 Å². The van der Waals surface area contributed by atoms with Crippen LogP contribution >= 0.6 is 11.8 Å². The van der Waals surface area contributed by atoms with Crippen LogP contribution in [0.1, 0.15) is 12.5 Å². The van der Waals surface area contributed by atoms with E-state index in [-0.39, 0.29) is 29.2 Å². The van der Waals surface area contributed by atoms with Gasteiger partial charge in [0.25, 0.3) is 5.91 Å². The van der Waals surface area contributed by atoms with Crippen LogP contribution in [0.15, 0.2) is 47.4 Å². The summed E-state index contributed by atoms with van der Waals surface area (Å²) >= 11 is 0.828. The van der Waals surface area contributed by atoms with Gasteiger partial charge in [-0.3, -0.25) is 9.59 Å². The van der Waals surface area contributed by atoms with Gasteiger partial charge in [0, 0.05) is 16.6 Å². The van der Waals surface area contributed by atoms with Gasteiger partial charge in [0.05, 0.1) is 5.75 Å². The molecule has 0 bridgehead atoms. The number of hydrogen-bond acceptors (Lipinski definition) is 4. The van der Waals surface area contributed by atoms with Crippen LogP contribution in [0.25, 0.3) is 0 Å². The minimum Gasteiger partial charge on any atom is -0.455 e. The van der Waals surface area contributed by atoms with Crippen molar-refractivity contribution in [2.45, 2.75) is 24.3 Å². The zero-order valence-corrected chi connectivity index (χ0v) is 14.9. The second-order valence-electron chi connectivity index (χ2n) is 5.97. The molecule has 0 spiro atoms. The van der Waals surface area contributed by atoms with Crippen molar-refractivity contribution in [3.05, 3.63) is 59.7 Å². The lowest BCUT2D eigenvalue weighted by atomic mass is 10.1. The average Bonchev–Trinajstić information content (AvgIpc) is 2.96. The Morgan fingerprint density at radius 1 is 1.23 bits per heavy atom. The third kappa shape index (κ3) is 4.04. The molecule has 1 aliphatic heterocycles. The maximum atomic E-state index is 13.5. The molecule has 1 amide bonds. The van der Waals surface area contributed by atoms with Crippen molar-refractivity contribution in [3.8, 4) is 0 Å². The van der Waals surface area contributed by atoms with Gasteiger partial charge in [-0.25, -0.2) is 8.78 Å². The molecular formula is C19H17F2NO3S. The van der Waals surface area contributed by atoms with Crippen LogP contribution in [0.4, 0.5) is 14.5 Å². The molecular weight excluding hydrogens is 360 g/mol. The molecule has 7 heteroatoms. The molecule has 0 radical (unpaired) electrons. The van der Waals surface area contributed by atoms with Gasteiger partial charge in [0.1, 0.15) is 11.6 Å². The molecule has 0 saturated carbocycles. The number of esters is 1. The van der Waals surface area contributed by atoms with Gasteiger partial charge in [-0.2, -0.15) is 0 Å². The first-order chi connectivity index (χ1) is 12.5. The van der Waals surface area contributed by atoms with Crippen molar-refractivity contribution in [2.75, 3.05) is 17.3 Å². The number of fused-ring (bicyclic) bond motifs is 1. The van der Waals surface area contributed by atoms with Crippen LogP contribution in [0, 0.1) is 11.6 Å². The van der Waals surface area contributed by atoms with Gasteiger partial charge in [0.15, 0.2) is 6.61 Å². The van der Waals surface area contributed by atoms with E-state index in [1.807, 2.05) is 31.2 Å². The number of hydrogen-bond donors (Lipinski definition) is 0. The number of carbonyl (C=O) groups excluding carboxylic acids is 2. The van der Waals surface area contributed by atoms with Gasteiger partial charge in [0.2, 0.25) is 0 Å². The first-order valence-electron chi connectivity index (χ1n) is 8.09. The highest BCUT2D eigenvalue weighted by Crippen LogP contribution is 2.31. The molecule has 1 aliphatic rings. The maximum Gasteiger partial charge on any atom is 0.316 e. The molecule has 0 fully saturated rings. The van der Waals surface area contributed by atoms with Crippen molar-refractivity contribution in [1.82, 2.24) is 0 Å². The van der Waals surface area contributed by atoms with Crippen LogP contribution in [-0.4, -0.2) is 30.3 Å². The standard InChI is InChI=1S/C19H17F2NO3S/c1-12-8-13-4-2-3-5-16(13)22(12)18(23)10-25-19(24)11-26-17-9-14(20)6-7-15(17)21/h2-7,9,12H,8,10-11H2,1H3/t12-/m1/s1. The Balaban J connectivity index is 1.53. The monoisotopic (exact) mass is 377 g/mol. The summed E-state index contributed by atoms with van der Waals surface area (Å²) in [6.45, 7) is 1.55. The molecule has 0 N–H and O–H groups in total. The van der Waals surface area contributed by atoms with Crippen molar-refractivity contribution in [3.63, 3.8) is 0 Å². The number of rotatable bonds is 5. The summed E-state index contributed by atoms with van der Waals surface area (Å²) in [7, 11) is 0. The topological polar surface area (TPSA) is 46.6 Å². The van der Waals surface area contributed by atoms with E-state index in [4.69, 9.17) is 4.74 Å². The Labute approximate surface area is 154 Å². The number of halogens is 2. The fourth-order valence-corrected chi connectivity index (χ4v) is 3.68. The first kappa shape index (κ1) is 18.4. The van der Waals surface area contributed by atoms with E-state index in [1.54, 1.807) is 4.90 Å². The number of amides is 1. The Morgan fingerprint density at radius 2 is 2.00 bits per heavy atom. The molecule has 4 nitrogen and oxygen atoms in total. The normalized spacial score (nSPS) is 15.7. The van der Waals surface area contributed by atoms with Gasteiger partial charge in [-0.1, -0.05) is 18.2 Å². The van der Waals surface area contributed by atoms with Gasteiger partial charge >= 0.3 is 5.97 Å². The molecule has 2 aromatic rings. The number of thioether (sulfide) groups is 1. The predicted molar refractivity (Wildman–Crippen MR) is 95.1 cm³/mol. The smallest absolute Gasteiger partial charge is 0.316 e. The summed E-state index contributed by atoms with van der Waals surface area (Å²) in [4.78, 5) is 25.9. The minimum absolute atomic E-state index is 0.00522. The Hall–Kier alpha value is -2.41. The quantitative estimate of drug-likeness (QED) is 0.590. The Bertz CT molecular complexity index is 843. The molecule has 1 atom stereocenters. The lowest BCUT2D eigenvalue weighted by molar-refractivity contribution is -0.145. The second-order valence-corrected chi connectivity index (χ2v) is 6.99. The molecule has 26 heavy (non-hydrogen) atoms. The van der Waals surface area contributed by atoms with E-state index in [9.17, 15) is 18.4 Å². The van der Waals surface area contributed by atoms with E-state index < -0.39 is 17.6 Å². The largest absolute Gasteiger partial charge is 0.455 e. The number of carbonyl (C=O) groups is 2. The van der Waals surface area contributed by atoms with Crippen LogP contribution in [-0.2, 0) is 20.7 Å². The highest BCUT2D eigenvalue weighted by atomic mass is 32.2. The minimum atomic E-state index is -0.660. The third-order valence-corrected chi connectivity index (χ3v) is 5.08. The molecule has 3 rings (SSSR count). The molecule has 0 aliphatic carbocycles. The Morgan fingerprint density at radius 3 is 2.81 bits per heavy atom. The zero-order valence-electron chi connectivity index (χ0n) is 14.1. The molecule has 1 heterocycles. The Kier molecular flexibility index (Phi) is 5.56. The molecule has 2 aromatic carbocycles. The summed E-state index contributed by atoms with van der Waals surface area (Å²) in [5.74, 6) is -2.37. The lowest BCUT2D eigenvalue weighted by Crippen LogP contribution is -2.38. The van der Waals surface area contributed by atoms with Crippen molar-refractivity contribution < 1.29 is 23.1 Å². The van der Waals surface area contributed by atoms with Crippen LogP contribution in [0.3, 0.4) is 0 Å². The summed E-state index contributed by atoms with van der Waals surface area (Å²) in [5, 5.41) is 0. The number of anilines is 1. The predicted octanol–water partition coefficient (Wildman–Crippen LogP) is 3.58. The number of nitrogens with zero attached hydrogens (tertiary/aromatic N) is 1. The van der Waals surface area contributed by atoms with Gasteiger partial charge < -0.3 is 9.64 Å². The number of ether oxygens (including phenoxy) is 1. The SMILES string of the molecule is C[C@@H]1Cc2ccccc2N1C(=O)COC(=O)CSc1cc(F)ccc1F. The van der Waals surface area contributed by atoms with E-state index in [0.717, 1.165) is 47.6 Å². The lowest BCUT2D eigenvalue weighted by Gasteiger charge is -2.22. The molecule has 0 saturated heterocycles. The summed E-state index contributed by atoms with van der Waals surface area (Å²) < 4.78 is 31.6.